The first-order valence-electron chi connectivity index (χ1n) is 5.97. The van der Waals surface area contributed by atoms with Crippen molar-refractivity contribution in [2.45, 2.75) is 33.4 Å². The molecule has 0 aliphatic heterocycles. The summed E-state index contributed by atoms with van der Waals surface area (Å²) in [6, 6.07) is 5.11. The number of aromatic nitrogens is 1. The van der Waals surface area contributed by atoms with Gasteiger partial charge in [0, 0.05) is 17.6 Å². The average molecular weight is 264 g/mol. The van der Waals surface area contributed by atoms with Gasteiger partial charge in [-0.1, -0.05) is 6.07 Å². The molecule has 1 unspecified atom stereocenters. The Hall–Kier alpha value is -1.26. The number of hydrogen-bond donors (Lipinski definition) is 1. The van der Waals surface area contributed by atoms with Crippen molar-refractivity contribution >= 4 is 11.3 Å². The van der Waals surface area contributed by atoms with Crippen LogP contribution >= 0.6 is 11.3 Å². The van der Waals surface area contributed by atoms with Gasteiger partial charge in [0.05, 0.1) is 6.04 Å². The van der Waals surface area contributed by atoms with Gasteiger partial charge in [-0.2, -0.15) is 0 Å². The Morgan fingerprint density at radius 3 is 2.78 bits per heavy atom. The summed E-state index contributed by atoms with van der Waals surface area (Å²) in [4.78, 5) is 5.58. The molecular formula is C14H17FN2S. The third-order valence-electron chi connectivity index (χ3n) is 2.91. The van der Waals surface area contributed by atoms with E-state index in [1.54, 1.807) is 17.4 Å². The van der Waals surface area contributed by atoms with Crippen LogP contribution in [-0.4, -0.2) is 4.98 Å². The number of benzene rings is 1. The van der Waals surface area contributed by atoms with Crippen LogP contribution in [0.5, 0.6) is 0 Å². The standard InChI is InChI=1S/C14H17FN2S/c1-9-6-13(15)5-4-12(9)8-16-11(3)14-17-7-10(2)18-14/h4-7,11,16H,8H2,1-3H3. The Morgan fingerprint density at radius 1 is 1.39 bits per heavy atom. The van der Waals surface area contributed by atoms with E-state index >= 15 is 0 Å². The van der Waals surface area contributed by atoms with E-state index in [-0.39, 0.29) is 11.9 Å². The van der Waals surface area contributed by atoms with Gasteiger partial charge in [0.15, 0.2) is 0 Å². The van der Waals surface area contributed by atoms with Gasteiger partial charge in [0.1, 0.15) is 10.8 Å². The van der Waals surface area contributed by atoms with Crippen LogP contribution in [0.1, 0.15) is 34.0 Å². The molecule has 1 heterocycles. The Bertz CT molecular complexity index is 536. The molecule has 0 saturated heterocycles. The molecule has 0 bridgehead atoms. The first kappa shape index (κ1) is 13.2. The second-order valence-corrected chi connectivity index (χ2v) is 5.75. The summed E-state index contributed by atoms with van der Waals surface area (Å²) in [5.74, 6) is -0.181. The highest BCUT2D eigenvalue weighted by Gasteiger charge is 2.09. The minimum Gasteiger partial charge on any atom is -0.304 e. The third kappa shape index (κ3) is 3.15. The zero-order valence-corrected chi connectivity index (χ0v) is 11.6. The van der Waals surface area contributed by atoms with Gasteiger partial charge < -0.3 is 5.32 Å². The van der Waals surface area contributed by atoms with Crippen LogP contribution in [0.15, 0.2) is 24.4 Å². The van der Waals surface area contributed by atoms with Crippen molar-refractivity contribution in [1.29, 1.82) is 0 Å². The van der Waals surface area contributed by atoms with E-state index in [2.05, 4.69) is 24.1 Å². The summed E-state index contributed by atoms with van der Waals surface area (Å²) in [6.45, 7) is 6.80. The van der Waals surface area contributed by atoms with Crippen molar-refractivity contribution in [2.24, 2.45) is 0 Å². The maximum Gasteiger partial charge on any atom is 0.123 e. The van der Waals surface area contributed by atoms with E-state index in [9.17, 15) is 4.39 Å². The summed E-state index contributed by atoms with van der Waals surface area (Å²) < 4.78 is 13.0. The van der Waals surface area contributed by atoms with Crippen molar-refractivity contribution in [3.8, 4) is 0 Å². The molecule has 0 aliphatic rings. The minimum atomic E-state index is -0.181. The molecule has 1 aromatic heterocycles. The van der Waals surface area contributed by atoms with E-state index in [4.69, 9.17) is 0 Å². The fraction of sp³-hybridized carbons (Fsp3) is 0.357. The maximum absolute atomic E-state index is 13.0. The van der Waals surface area contributed by atoms with E-state index in [1.165, 1.54) is 10.9 Å². The third-order valence-corrected chi connectivity index (χ3v) is 4.01. The average Bonchev–Trinajstić information content (AvgIpc) is 2.74. The van der Waals surface area contributed by atoms with Crippen LogP contribution in [0.3, 0.4) is 0 Å². The Morgan fingerprint density at radius 2 is 2.17 bits per heavy atom. The number of thiazole rings is 1. The summed E-state index contributed by atoms with van der Waals surface area (Å²) in [6.07, 6.45) is 1.89. The summed E-state index contributed by atoms with van der Waals surface area (Å²) in [7, 11) is 0. The molecule has 1 aromatic carbocycles. The molecule has 0 saturated carbocycles. The van der Waals surface area contributed by atoms with E-state index in [0.29, 0.717) is 0 Å². The lowest BCUT2D eigenvalue weighted by atomic mass is 10.1. The topological polar surface area (TPSA) is 24.9 Å². The lowest BCUT2D eigenvalue weighted by Gasteiger charge is -2.12. The van der Waals surface area contributed by atoms with Gasteiger partial charge in [-0.3, -0.25) is 0 Å². The highest BCUT2D eigenvalue weighted by atomic mass is 32.1. The molecule has 1 N–H and O–H groups in total. The molecule has 0 spiro atoms. The molecule has 2 rings (SSSR count). The number of nitrogens with one attached hydrogen (secondary N) is 1. The van der Waals surface area contributed by atoms with Crippen molar-refractivity contribution in [3.05, 3.63) is 51.2 Å². The van der Waals surface area contributed by atoms with Crippen LogP contribution in [-0.2, 0) is 6.54 Å². The second kappa shape index (κ2) is 5.59. The van der Waals surface area contributed by atoms with Gasteiger partial charge >= 0.3 is 0 Å². The monoisotopic (exact) mass is 264 g/mol. The molecule has 2 nitrogen and oxygen atoms in total. The number of halogens is 1. The van der Waals surface area contributed by atoms with Crippen LogP contribution < -0.4 is 5.32 Å². The fourth-order valence-corrected chi connectivity index (χ4v) is 2.58. The molecule has 18 heavy (non-hydrogen) atoms. The van der Waals surface area contributed by atoms with Gasteiger partial charge in [-0.05, 0) is 44.0 Å². The SMILES string of the molecule is Cc1cnc(C(C)NCc2ccc(F)cc2C)s1. The normalized spacial score (nSPS) is 12.7. The van der Waals surface area contributed by atoms with Crippen LogP contribution in [0.2, 0.25) is 0 Å². The van der Waals surface area contributed by atoms with Crippen LogP contribution in [0.25, 0.3) is 0 Å². The van der Waals surface area contributed by atoms with Gasteiger partial charge in [-0.15, -0.1) is 11.3 Å². The van der Waals surface area contributed by atoms with Gasteiger partial charge in [-0.25, -0.2) is 9.37 Å². The summed E-state index contributed by atoms with van der Waals surface area (Å²) in [5, 5.41) is 4.50. The smallest absolute Gasteiger partial charge is 0.123 e. The molecular weight excluding hydrogens is 247 g/mol. The summed E-state index contributed by atoms with van der Waals surface area (Å²) >= 11 is 1.70. The molecule has 0 fully saturated rings. The maximum atomic E-state index is 13.0. The molecule has 4 heteroatoms. The largest absolute Gasteiger partial charge is 0.304 e. The van der Waals surface area contributed by atoms with E-state index < -0.39 is 0 Å². The number of rotatable bonds is 4. The molecule has 96 valence electrons. The highest BCUT2D eigenvalue weighted by Crippen LogP contribution is 2.19. The lowest BCUT2D eigenvalue weighted by Crippen LogP contribution is -2.18. The summed E-state index contributed by atoms with van der Waals surface area (Å²) in [5.41, 5.74) is 2.10. The van der Waals surface area contributed by atoms with E-state index in [0.717, 1.165) is 22.7 Å². The molecule has 1 atom stereocenters. The molecule has 2 aromatic rings. The Balaban J connectivity index is 1.99. The van der Waals surface area contributed by atoms with Gasteiger partial charge in [0.25, 0.3) is 0 Å². The van der Waals surface area contributed by atoms with Crippen molar-refractivity contribution in [1.82, 2.24) is 10.3 Å². The molecule has 0 radical (unpaired) electrons. The zero-order valence-electron chi connectivity index (χ0n) is 10.8. The minimum absolute atomic E-state index is 0.181. The number of hydrogen-bond acceptors (Lipinski definition) is 3. The predicted molar refractivity (Wildman–Crippen MR) is 73.2 cm³/mol. The first-order valence-corrected chi connectivity index (χ1v) is 6.78. The second-order valence-electron chi connectivity index (χ2n) is 4.48. The van der Waals surface area contributed by atoms with Crippen LogP contribution in [0.4, 0.5) is 4.39 Å². The molecule has 0 aliphatic carbocycles. The molecule has 0 amide bonds. The zero-order chi connectivity index (χ0) is 13.1. The highest BCUT2D eigenvalue weighted by molar-refractivity contribution is 7.11. The first-order chi connectivity index (χ1) is 8.56. The number of nitrogens with zero attached hydrogens (tertiary/aromatic N) is 1. The lowest BCUT2D eigenvalue weighted by molar-refractivity contribution is 0.568. The fourth-order valence-electron chi connectivity index (χ4n) is 1.78. The van der Waals surface area contributed by atoms with Crippen molar-refractivity contribution in [2.75, 3.05) is 0 Å². The predicted octanol–water partition coefficient (Wildman–Crippen LogP) is 3.75. The Labute approximate surface area is 111 Å². The quantitative estimate of drug-likeness (QED) is 0.909. The van der Waals surface area contributed by atoms with Gasteiger partial charge in [0.2, 0.25) is 0 Å². The van der Waals surface area contributed by atoms with Crippen molar-refractivity contribution < 1.29 is 4.39 Å². The van der Waals surface area contributed by atoms with Crippen molar-refractivity contribution in [3.63, 3.8) is 0 Å². The number of aryl methyl sites for hydroxylation is 2. The van der Waals surface area contributed by atoms with E-state index in [1.807, 2.05) is 19.2 Å². The van der Waals surface area contributed by atoms with Crippen LogP contribution in [0, 0.1) is 19.7 Å². The Kier molecular flexibility index (Phi) is 4.09.